The molecule has 2 rings (SSSR count). The maximum atomic E-state index is 11.4. The first-order valence-electron chi connectivity index (χ1n) is 7.25. The minimum Gasteiger partial charge on any atom is -0.463 e. The van der Waals surface area contributed by atoms with Crippen LogP contribution in [0.2, 0.25) is 0 Å². The lowest BCUT2D eigenvalue weighted by Gasteiger charge is -2.22. The predicted molar refractivity (Wildman–Crippen MR) is 74.5 cm³/mol. The lowest BCUT2D eigenvalue weighted by Crippen LogP contribution is -2.37. The van der Waals surface area contributed by atoms with Crippen molar-refractivity contribution in [1.82, 2.24) is 0 Å². The topological polar surface area (TPSA) is 63.2 Å². The van der Waals surface area contributed by atoms with Crippen LogP contribution in [-0.4, -0.2) is 49.1 Å². The number of carbonyl (C=O) groups excluding carboxylic acids is 1. The van der Waals surface area contributed by atoms with Gasteiger partial charge < -0.3 is 23.7 Å². The quantitative estimate of drug-likeness (QED) is 0.582. The summed E-state index contributed by atoms with van der Waals surface area (Å²) in [5.41, 5.74) is 0. The summed E-state index contributed by atoms with van der Waals surface area (Å²) in [5, 5.41) is 0. The molecule has 0 N–H and O–H groups in total. The highest BCUT2D eigenvalue weighted by Gasteiger charge is 2.48. The first-order valence-corrected chi connectivity index (χ1v) is 7.25. The predicted octanol–water partition coefficient (Wildman–Crippen LogP) is 1.78. The minimum atomic E-state index is -0.732. The average Bonchev–Trinajstić information content (AvgIpc) is 2.86. The highest BCUT2D eigenvalue weighted by Crippen LogP contribution is 2.35. The van der Waals surface area contributed by atoms with E-state index in [1.807, 2.05) is 27.7 Å². The summed E-state index contributed by atoms with van der Waals surface area (Å²) in [6.45, 7) is 9.92. The van der Waals surface area contributed by atoms with E-state index in [4.69, 9.17) is 23.7 Å². The minimum absolute atomic E-state index is 0.237. The molecule has 0 spiro atoms. The highest BCUT2D eigenvalue weighted by atomic mass is 16.8. The molecule has 2 aliphatic rings. The van der Waals surface area contributed by atoms with Crippen molar-refractivity contribution in [3.63, 3.8) is 0 Å². The van der Waals surface area contributed by atoms with Gasteiger partial charge in [0.05, 0.1) is 13.2 Å². The van der Waals surface area contributed by atoms with Gasteiger partial charge in [0.25, 0.3) is 0 Å². The second kappa shape index (κ2) is 6.04. The van der Waals surface area contributed by atoms with Crippen molar-refractivity contribution < 1.29 is 28.5 Å². The molecule has 0 aromatic heterocycles. The van der Waals surface area contributed by atoms with Gasteiger partial charge >= 0.3 is 5.97 Å². The Morgan fingerprint density at radius 3 is 2.48 bits per heavy atom. The van der Waals surface area contributed by atoms with E-state index in [9.17, 15) is 4.79 Å². The van der Waals surface area contributed by atoms with Gasteiger partial charge in [0.2, 0.25) is 0 Å². The van der Waals surface area contributed by atoms with Gasteiger partial charge in [0.1, 0.15) is 18.3 Å². The van der Waals surface area contributed by atoms with E-state index < -0.39 is 17.5 Å². The normalized spacial score (nSPS) is 34.4. The van der Waals surface area contributed by atoms with Crippen LogP contribution in [0.4, 0.5) is 0 Å². The Kier molecular flexibility index (Phi) is 4.72. The standard InChI is InChI=1S/C15H24O6/c1-6-17-12(16)8-7-10-13(21-15(4,5)19-10)11-9-18-14(2,3)20-11/h7-8,10-11,13H,6,9H2,1-5H3/b8-7+/t10-,11+,13+/m0/s1. The fourth-order valence-electron chi connectivity index (χ4n) is 2.49. The fourth-order valence-corrected chi connectivity index (χ4v) is 2.49. The average molecular weight is 300 g/mol. The first-order chi connectivity index (χ1) is 9.72. The molecular formula is C15H24O6. The van der Waals surface area contributed by atoms with Gasteiger partial charge in [-0.2, -0.15) is 0 Å². The van der Waals surface area contributed by atoms with Gasteiger partial charge in [-0.3, -0.25) is 0 Å². The lowest BCUT2D eigenvalue weighted by molar-refractivity contribution is -0.174. The van der Waals surface area contributed by atoms with Crippen LogP contribution in [0.1, 0.15) is 34.6 Å². The van der Waals surface area contributed by atoms with Gasteiger partial charge in [0, 0.05) is 6.08 Å². The summed E-state index contributed by atoms with van der Waals surface area (Å²) < 4.78 is 28.0. The maximum absolute atomic E-state index is 11.4. The zero-order valence-corrected chi connectivity index (χ0v) is 13.3. The Hall–Kier alpha value is -0.950. The fraction of sp³-hybridized carbons (Fsp3) is 0.800. The molecule has 2 fully saturated rings. The number of carbonyl (C=O) groups is 1. The summed E-state index contributed by atoms with van der Waals surface area (Å²) in [5.74, 6) is -1.76. The zero-order chi connectivity index (χ0) is 15.7. The number of esters is 1. The molecule has 0 aliphatic carbocycles. The number of rotatable bonds is 4. The summed E-state index contributed by atoms with van der Waals surface area (Å²) in [6, 6.07) is 0. The van der Waals surface area contributed by atoms with E-state index >= 15 is 0 Å². The number of hydrogen-bond acceptors (Lipinski definition) is 6. The maximum Gasteiger partial charge on any atom is 0.330 e. The van der Waals surface area contributed by atoms with Crippen molar-refractivity contribution in [2.75, 3.05) is 13.2 Å². The van der Waals surface area contributed by atoms with Crippen LogP contribution in [0.25, 0.3) is 0 Å². The molecule has 0 aromatic carbocycles. The third kappa shape index (κ3) is 4.26. The molecule has 2 aliphatic heterocycles. The van der Waals surface area contributed by atoms with Crippen LogP contribution in [0.5, 0.6) is 0 Å². The van der Waals surface area contributed by atoms with Crippen molar-refractivity contribution in [2.45, 2.75) is 64.5 Å². The lowest BCUT2D eigenvalue weighted by atomic mass is 10.1. The SMILES string of the molecule is CCOC(=O)/C=C/[C@@H]1OC(C)(C)O[C@H]1[C@H]1COC(C)(C)O1. The molecule has 0 saturated carbocycles. The summed E-state index contributed by atoms with van der Waals surface area (Å²) >= 11 is 0. The van der Waals surface area contributed by atoms with Crippen LogP contribution >= 0.6 is 0 Å². The zero-order valence-electron chi connectivity index (χ0n) is 13.3. The molecule has 0 aromatic rings. The van der Waals surface area contributed by atoms with Crippen molar-refractivity contribution in [3.8, 4) is 0 Å². The highest BCUT2D eigenvalue weighted by molar-refractivity contribution is 5.81. The molecule has 3 atom stereocenters. The van der Waals surface area contributed by atoms with Crippen molar-refractivity contribution >= 4 is 5.97 Å². The molecule has 0 radical (unpaired) electrons. The molecule has 0 unspecified atom stereocenters. The summed E-state index contributed by atoms with van der Waals surface area (Å²) in [4.78, 5) is 11.4. The molecule has 0 amide bonds. The van der Waals surface area contributed by atoms with E-state index in [1.165, 1.54) is 6.08 Å². The van der Waals surface area contributed by atoms with Crippen LogP contribution in [0, 0.1) is 0 Å². The van der Waals surface area contributed by atoms with Crippen molar-refractivity contribution in [2.24, 2.45) is 0 Å². The molecular weight excluding hydrogens is 276 g/mol. The summed E-state index contributed by atoms with van der Waals surface area (Å²) in [7, 11) is 0. The molecule has 21 heavy (non-hydrogen) atoms. The second-order valence-corrected chi connectivity index (χ2v) is 6.04. The van der Waals surface area contributed by atoms with Crippen molar-refractivity contribution in [1.29, 1.82) is 0 Å². The van der Waals surface area contributed by atoms with Crippen LogP contribution in [-0.2, 0) is 28.5 Å². The van der Waals surface area contributed by atoms with Gasteiger partial charge in [-0.05, 0) is 40.7 Å². The number of ether oxygens (including phenoxy) is 5. The van der Waals surface area contributed by atoms with E-state index in [0.717, 1.165) is 0 Å². The molecule has 120 valence electrons. The monoisotopic (exact) mass is 300 g/mol. The molecule has 2 saturated heterocycles. The third-order valence-corrected chi connectivity index (χ3v) is 3.27. The van der Waals surface area contributed by atoms with Gasteiger partial charge in [0.15, 0.2) is 11.6 Å². The smallest absolute Gasteiger partial charge is 0.330 e. The first kappa shape index (κ1) is 16.4. The van der Waals surface area contributed by atoms with Gasteiger partial charge in [-0.1, -0.05) is 0 Å². The number of hydrogen-bond donors (Lipinski definition) is 0. The molecule has 0 bridgehead atoms. The van der Waals surface area contributed by atoms with E-state index in [2.05, 4.69) is 0 Å². The second-order valence-electron chi connectivity index (χ2n) is 6.04. The Morgan fingerprint density at radius 1 is 1.19 bits per heavy atom. The molecule has 6 heteroatoms. The Labute approximate surface area is 125 Å². The van der Waals surface area contributed by atoms with E-state index in [0.29, 0.717) is 13.2 Å². The Morgan fingerprint density at radius 2 is 1.90 bits per heavy atom. The van der Waals surface area contributed by atoms with Crippen LogP contribution in [0.3, 0.4) is 0 Å². The van der Waals surface area contributed by atoms with E-state index in [1.54, 1.807) is 13.0 Å². The summed E-state index contributed by atoms with van der Waals surface area (Å²) in [6.07, 6.45) is 2.08. The Bertz CT molecular complexity index is 414. The third-order valence-electron chi connectivity index (χ3n) is 3.27. The van der Waals surface area contributed by atoms with Gasteiger partial charge in [-0.15, -0.1) is 0 Å². The largest absolute Gasteiger partial charge is 0.463 e. The van der Waals surface area contributed by atoms with Gasteiger partial charge in [-0.25, -0.2) is 4.79 Å². The molecule has 6 nitrogen and oxygen atoms in total. The van der Waals surface area contributed by atoms with Crippen LogP contribution in [0.15, 0.2) is 12.2 Å². The molecule has 2 heterocycles. The van der Waals surface area contributed by atoms with Crippen molar-refractivity contribution in [3.05, 3.63) is 12.2 Å². The van der Waals surface area contributed by atoms with E-state index in [-0.39, 0.29) is 18.3 Å². The Balaban J connectivity index is 2.05. The van der Waals surface area contributed by atoms with Crippen LogP contribution < -0.4 is 0 Å².